The predicted molar refractivity (Wildman–Crippen MR) is 125 cm³/mol. The molecule has 0 aliphatic rings. The summed E-state index contributed by atoms with van der Waals surface area (Å²) in [5, 5.41) is 14.7. The summed E-state index contributed by atoms with van der Waals surface area (Å²) in [4.78, 5) is 9.32. The molecule has 0 saturated heterocycles. The van der Waals surface area contributed by atoms with Gasteiger partial charge >= 0.3 is 0 Å². The van der Waals surface area contributed by atoms with Gasteiger partial charge in [0.2, 0.25) is 5.95 Å². The van der Waals surface area contributed by atoms with Gasteiger partial charge in [-0.15, -0.1) is 0 Å². The molecular formula is C24H19Cl2N3O2. The first-order valence-corrected chi connectivity index (χ1v) is 10.3. The van der Waals surface area contributed by atoms with E-state index in [1.54, 1.807) is 25.3 Å². The molecule has 0 unspecified atom stereocenters. The predicted octanol–water partition coefficient (Wildman–Crippen LogP) is 6.44. The molecule has 0 aliphatic heterocycles. The first kappa shape index (κ1) is 21.0. The summed E-state index contributed by atoms with van der Waals surface area (Å²) in [5.74, 6) is 1.26. The monoisotopic (exact) mass is 451 g/mol. The molecule has 0 radical (unpaired) electrons. The molecule has 3 aromatic carbocycles. The highest BCUT2D eigenvalue weighted by molar-refractivity contribution is 6.30. The Morgan fingerprint density at radius 1 is 0.806 bits per heavy atom. The lowest BCUT2D eigenvalue weighted by Crippen LogP contribution is -2.06. The Bertz CT molecular complexity index is 1130. The van der Waals surface area contributed by atoms with Gasteiger partial charge in [-0.3, -0.25) is 0 Å². The first-order valence-electron chi connectivity index (χ1n) is 9.52. The molecule has 1 heterocycles. The van der Waals surface area contributed by atoms with Crippen molar-refractivity contribution in [2.45, 2.75) is 6.54 Å². The Kier molecular flexibility index (Phi) is 6.26. The fourth-order valence-electron chi connectivity index (χ4n) is 3.07. The van der Waals surface area contributed by atoms with E-state index in [1.807, 2.05) is 54.6 Å². The molecule has 0 fully saturated rings. The van der Waals surface area contributed by atoms with Crippen molar-refractivity contribution in [1.29, 1.82) is 0 Å². The maximum atomic E-state index is 10.2. The second-order valence-corrected chi connectivity index (χ2v) is 7.70. The summed E-state index contributed by atoms with van der Waals surface area (Å²) in [5.41, 5.74) is 3.99. The van der Waals surface area contributed by atoms with E-state index in [2.05, 4.69) is 15.3 Å². The van der Waals surface area contributed by atoms with E-state index >= 15 is 0 Å². The van der Waals surface area contributed by atoms with Crippen LogP contribution in [0.5, 0.6) is 11.5 Å². The highest BCUT2D eigenvalue weighted by Gasteiger charge is 2.10. The van der Waals surface area contributed by atoms with Crippen molar-refractivity contribution in [2.75, 3.05) is 12.4 Å². The molecule has 156 valence electrons. The number of rotatable bonds is 6. The van der Waals surface area contributed by atoms with E-state index in [4.69, 9.17) is 27.9 Å². The van der Waals surface area contributed by atoms with Crippen molar-refractivity contribution in [3.63, 3.8) is 0 Å². The molecule has 31 heavy (non-hydrogen) atoms. The molecule has 2 N–H and O–H groups in total. The third-order valence-electron chi connectivity index (χ3n) is 4.73. The third kappa shape index (κ3) is 5.08. The number of aromatic nitrogens is 2. The fraction of sp³-hybridized carbons (Fsp3) is 0.0833. The second-order valence-electron chi connectivity index (χ2n) is 6.82. The molecule has 4 aromatic rings. The summed E-state index contributed by atoms with van der Waals surface area (Å²) < 4.78 is 5.24. The van der Waals surface area contributed by atoms with Crippen molar-refractivity contribution >= 4 is 29.2 Å². The minimum atomic E-state index is 0.167. The summed E-state index contributed by atoms with van der Waals surface area (Å²) in [6.07, 6.45) is 0. The van der Waals surface area contributed by atoms with Crippen LogP contribution in [-0.4, -0.2) is 22.2 Å². The van der Waals surface area contributed by atoms with Crippen molar-refractivity contribution in [2.24, 2.45) is 0 Å². The number of nitrogens with zero attached hydrogens (tertiary/aromatic N) is 2. The van der Waals surface area contributed by atoms with Crippen LogP contribution in [0.2, 0.25) is 10.0 Å². The van der Waals surface area contributed by atoms with Crippen LogP contribution in [0.25, 0.3) is 22.5 Å². The minimum Gasteiger partial charge on any atom is -0.508 e. The summed E-state index contributed by atoms with van der Waals surface area (Å²) >= 11 is 12.1. The number of anilines is 1. The van der Waals surface area contributed by atoms with Crippen LogP contribution in [0.4, 0.5) is 5.95 Å². The maximum absolute atomic E-state index is 10.2. The van der Waals surface area contributed by atoms with Crippen LogP contribution < -0.4 is 10.1 Å². The Morgan fingerprint density at radius 2 is 1.35 bits per heavy atom. The molecule has 5 nitrogen and oxygen atoms in total. The first-order chi connectivity index (χ1) is 15.0. The minimum absolute atomic E-state index is 0.167. The summed E-state index contributed by atoms with van der Waals surface area (Å²) in [7, 11) is 1.58. The number of hydrogen-bond donors (Lipinski definition) is 2. The third-order valence-corrected chi connectivity index (χ3v) is 5.23. The molecule has 7 heteroatoms. The standard InChI is InChI=1S/C24H19Cl2N3O2/c1-31-20-10-11-23(30)17(12-20)14-27-24-28-21(15-2-6-18(25)7-3-15)13-22(29-24)16-4-8-19(26)9-5-16/h2-13,30H,14H2,1H3,(H,27,28,29). The van der Waals surface area contributed by atoms with Crippen LogP contribution in [0.1, 0.15) is 5.56 Å². The van der Waals surface area contributed by atoms with E-state index in [9.17, 15) is 5.11 Å². The fourth-order valence-corrected chi connectivity index (χ4v) is 3.32. The maximum Gasteiger partial charge on any atom is 0.224 e. The largest absolute Gasteiger partial charge is 0.508 e. The van der Waals surface area contributed by atoms with Gasteiger partial charge in [-0.2, -0.15) is 0 Å². The number of ether oxygens (including phenoxy) is 1. The zero-order chi connectivity index (χ0) is 21.8. The van der Waals surface area contributed by atoms with E-state index in [1.165, 1.54) is 0 Å². The number of phenols is 1. The number of aromatic hydroxyl groups is 1. The van der Waals surface area contributed by atoms with E-state index in [0.29, 0.717) is 33.9 Å². The van der Waals surface area contributed by atoms with Crippen molar-refractivity contribution in [3.8, 4) is 34.0 Å². The molecule has 0 atom stereocenters. The molecule has 0 amide bonds. The lowest BCUT2D eigenvalue weighted by atomic mass is 10.1. The number of halogens is 2. The SMILES string of the molecule is COc1ccc(O)c(CNc2nc(-c3ccc(Cl)cc3)cc(-c3ccc(Cl)cc3)n2)c1. The topological polar surface area (TPSA) is 67.3 Å². The van der Waals surface area contributed by atoms with Gasteiger partial charge in [0.05, 0.1) is 18.5 Å². The second kappa shape index (κ2) is 9.25. The van der Waals surface area contributed by atoms with Crippen LogP contribution in [0.15, 0.2) is 72.8 Å². The Balaban J connectivity index is 1.70. The Hall–Kier alpha value is -3.28. The quantitative estimate of drug-likeness (QED) is 0.352. The van der Waals surface area contributed by atoms with Gasteiger partial charge in [0, 0.05) is 33.3 Å². The lowest BCUT2D eigenvalue weighted by molar-refractivity contribution is 0.411. The number of nitrogens with one attached hydrogen (secondary N) is 1. The van der Waals surface area contributed by atoms with Gasteiger partial charge in [-0.05, 0) is 48.5 Å². The molecule has 0 spiro atoms. The number of hydrogen-bond acceptors (Lipinski definition) is 5. The van der Waals surface area contributed by atoms with Crippen LogP contribution in [-0.2, 0) is 6.54 Å². The zero-order valence-electron chi connectivity index (χ0n) is 16.6. The highest BCUT2D eigenvalue weighted by Crippen LogP contribution is 2.28. The number of methoxy groups -OCH3 is 1. The average molecular weight is 452 g/mol. The molecular weight excluding hydrogens is 433 g/mol. The van der Waals surface area contributed by atoms with Crippen molar-refractivity contribution in [3.05, 3.63) is 88.4 Å². The van der Waals surface area contributed by atoms with E-state index in [0.717, 1.165) is 22.5 Å². The van der Waals surface area contributed by atoms with Gasteiger partial charge in [0.1, 0.15) is 11.5 Å². The molecule has 4 rings (SSSR count). The Labute approximate surface area is 190 Å². The van der Waals surface area contributed by atoms with Crippen LogP contribution in [0, 0.1) is 0 Å². The highest BCUT2D eigenvalue weighted by atomic mass is 35.5. The lowest BCUT2D eigenvalue weighted by Gasteiger charge is -2.12. The van der Waals surface area contributed by atoms with Gasteiger partial charge in [0.15, 0.2) is 0 Å². The van der Waals surface area contributed by atoms with E-state index < -0.39 is 0 Å². The van der Waals surface area contributed by atoms with Crippen molar-refractivity contribution in [1.82, 2.24) is 9.97 Å². The number of benzene rings is 3. The summed E-state index contributed by atoms with van der Waals surface area (Å²) in [6, 6.07) is 21.9. The molecule has 0 bridgehead atoms. The van der Waals surface area contributed by atoms with Gasteiger partial charge in [0.25, 0.3) is 0 Å². The molecule has 1 aromatic heterocycles. The Morgan fingerprint density at radius 3 is 1.87 bits per heavy atom. The van der Waals surface area contributed by atoms with Gasteiger partial charge < -0.3 is 15.2 Å². The van der Waals surface area contributed by atoms with Crippen molar-refractivity contribution < 1.29 is 9.84 Å². The van der Waals surface area contributed by atoms with Gasteiger partial charge in [-0.25, -0.2) is 9.97 Å². The zero-order valence-corrected chi connectivity index (χ0v) is 18.2. The van der Waals surface area contributed by atoms with Crippen LogP contribution in [0.3, 0.4) is 0 Å². The molecule has 0 saturated carbocycles. The molecule has 0 aliphatic carbocycles. The average Bonchev–Trinajstić information content (AvgIpc) is 2.79. The van der Waals surface area contributed by atoms with E-state index in [-0.39, 0.29) is 5.75 Å². The summed E-state index contributed by atoms with van der Waals surface area (Å²) in [6.45, 7) is 0.327. The normalized spacial score (nSPS) is 10.7. The number of phenolic OH excluding ortho intramolecular Hbond substituents is 1. The van der Waals surface area contributed by atoms with Crippen LogP contribution >= 0.6 is 23.2 Å². The van der Waals surface area contributed by atoms with Gasteiger partial charge in [-0.1, -0.05) is 47.5 Å². The smallest absolute Gasteiger partial charge is 0.224 e.